The summed E-state index contributed by atoms with van der Waals surface area (Å²) in [6.07, 6.45) is 3.69. The van der Waals surface area contributed by atoms with Gasteiger partial charge in [0, 0.05) is 6.42 Å². The molecule has 2 aliphatic carbocycles. The Labute approximate surface area is 149 Å². The minimum Gasteiger partial charge on any atom is -0.192 e. The maximum Gasteiger partial charge on any atom is 0.522 e. The summed E-state index contributed by atoms with van der Waals surface area (Å²) < 4.78 is 0. The van der Waals surface area contributed by atoms with Crippen LogP contribution in [0.15, 0.2) is 22.5 Å². The topological polar surface area (TPSA) is 104 Å². The van der Waals surface area contributed by atoms with Crippen molar-refractivity contribution >= 4 is 12.2 Å². The van der Waals surface area contributed by atoms with E-state index in [2.05, 4.69) is 21.8 Å². The van der Waals surface area contributed by atoms with Gasteiger partial charge in [-0.25, -0.2) is 0 Å². The second-order valence-corrected chi connectivity index (χ2v) is 5.60. The van der Waals surface area contributed by atoms with Crippen molar-refractivity contribution in [3.05, 3.63) is 78.1 Å². The molecule has 0 atom stereocenters. The zero-order valence-electron chi connectivity index (χ0n) is 13.3. The van der Waals surface area contributed by atoms with Crippen LogP contribution in [0.2, 0.25) is 0 Å². The molecule has 0 radical (unpaired) electrons. The molecule has 2 aliphatic rings. The van der Waals surface area contributed by atoms with Crippen LogP contribution in [-0.2, 0) is 12.8 Å². The van der Waals surface area contributed by atoms with Crippen LogP contribution in [0.3, 0.4) is 0 Å². The lowest BCUT2D eigenvalue weighted by atomic mass is 9.95. The maximum absolute atomic E-state index is 9.66. The van der Waals surface area contributed by atoms with Crippen molar-refractivity contribution in [2.75, 3.05) is 0 Å². The number of fused-ring (bicyclic) bond motifs is 2. The van der Waals surface area contributed by atoms with Crippen LogP contribution in [0.4, 0.5) is 0 Å². The van der Waals surface area contributed by atoms with E-state index in [0.717, 1.165) is 0 Å². The Kier molecular flexibility index (Phi) is 3.82. The Balaban J connectivity index is 2.44. The molecule has 6 nitrogen and oxygen atoms in total. The lowest BCUT2D eigenvalue weighted by Crippen LogP contribution is -2.24. The third-order valence-corrected chi connectivity index (χ3v) is 4.43. The molecule has 0 N–H and O–H groups in total. The van der Waals surface area contributed by atoms with Gasteiger partial charge in [-0.3, -0.25) is 0 Å². The van der Waals surface area contributed by atoms with Crippen molar-refractivity contribution in [1.82, 2.24) is 0 Å². The highest BCUT2D eigenvalue weighted by molar-refractivity contribution is 5.73. The number of nitriles is 4. The predicted octanol–water partition coefficient (Wildman–Crippen LogP) is 1.50. The van der Waals surface area contributed by atoms with Crippen molar-refractivity contribution in [2.45, 2.75) is 12.8 Å². The Hall–Kier alpha value is -4.62. The van der Waals surface area contributed by atoms with Crippen LogP contribution < -0.4 is 10.4 Å². The van der Waals surface area contributed by atoms with Crippen molar-refractivity contribution in [3.8, 4) is 24.3 Å². The number of allylic oxidation sites excluding steroid dienone is 3. The molecule has 0 amide bonds. The molecule has 6 heteroatoms. The van der Waals surface area contributed by atoms with Gasteiger partial charge in [0.25, 0.3) is 0 Å². The van der Waals surface area contributed by atoms with E-state index in [0.29, 0.717) is 43.8 Å². The molecule has 1 aromatic rings. The van der Waals surface area contributed by atoms with Crippen LogP contribution in [-0.4, -0.2) is 0 Å². The molecule has 0 fully saturated rings. The number of rotatable bonds is 0. The van der Waals surface area contributed by atoms with Crippen molar-refractivity contribution in [1.29, 1.82) is 21.0 Å². The van der Waals surface area contributed by atoms with Crippen molar-refractivity contribution in [2.24, 2.45) is 0 Å². The molecule has 0 unspecified atom stereocenters. The quantitative estimate of drug-likeness (QED) is 0.531. The van der Waals surface area contributed by atoms with Gasteiger partial charge in [0.2, 0.25) is 0 Å². The summed E-state index contributed by atoms with van der Waals surface area (Å²) in [6, 6.07) is 7.96. The normalized spacial score (nSPS) is 12.5. The fourth-order valence-corrected chi connectivity index (χ4v) is 3.31. The second-order valence-electron chi connectivity index (χ2n) is 5.60. The van der Waals surface area contributed by atoms with E-state index in [9.17, 15) is 10.5 Å². The monoisotopic (exact) mass is 330 g/mol. The van der Waals surface area contributed by atoms with Crippen LogP contribution in [0, 0.1) is 58.5 Å². The summed E-state index contributed by atoms with van der Waals surface area (Å²) in [6.45, 7) is 14.2. The number of nitrogens with zero attached hydrogens (tertiary/aromatic N) is 6. The average Bonchev–Trinajstić information content (AvgIpc) is 3.26. The summed E-state index contributed by atoms with van der Waals surface area (Å²) in [7, 11) is 0. The molecule has 0 bridgehead atoms. The van der Waals surface area contributed by atoms with E-state index in [1.54, 1.807) is 12.2 Å². The standard InChI is InChI=1S/C20H6N6/c1-25-20(26-2)12-5-16-17(6-12)19(10-24)15-4-11(13(7-21)8-22)3-14(15)18(16)9-23/h3,6H,4-5H2. The van der Waals surface area contributed by atoms with Gasteiger partial charge >= 0.3 is 5.82 Å². The zero-order chi connectivity index (χ0) is 18.8. The summed E-state index contributed by atoms with van der Waals surface area (Å²) in [5.41, 5.74) is 2.87. The molecule has 26 heavy (non-hydrogen) atoms. The summed E-state index contributed by atoms with van der Waals surface area (Å²) in [4.78, 5) is 6.42. The molecule has 3 rings (SSSR count). The van der Waals surface area contributed by atoms with E-state index < -0.39 is 0 Å². The van der Waals surface area contributed by atoms with Crippen LogP contribution >= 0.6 is 0 Å². The van der Waals surface area contributed by atoms with E-state index in [1.165, 1.54) is 0 Å². The molecule has 0 spiro atoms. The van der Waals surface area contributed by atoms with Gasteiger partial charge in [-0.1, -0.05) is 6.08 Å². The molecule has 0 aliphatic heterocycles. The second kappa shape index (κ2) is 6.11. The first kappa shape index (κ1) is 16.2. The number of benzene rings is 1. The van der Waals surface area contributed by atoms with E-state index >= 15 is 0 Å². The Morgan fingerprint density at radius 1 is 0.808 bits per heavy atom. The van der Waals surface area contributed by atoms with E-state index in [4.69, 9.17) is 23.7 Å². The summed E-state index contributed by atoms with van der Waals surface area (Å²) in [5, 5.41) is 38.6. The van der Waals surface area contributed by atoms with Crippen LogP contribution in [0.1, 0.15) is 22.3 Å². The fourth-order valence-electron chi connectivity index (χ4n) is 3.31. The summed E-state index contributed by atoms with van der Waals surface area (Å²) in [5.74, 6) is -0.0741. The predicted molar refractivity (Wildman–Crippen MR) is 89.9 cm³/mol. The lowest BCUT2D eigenvalue weighted by Gasteiger charge is -2.05. The molecule has 0 heterocycles. The minimum atomic E-state index is -0.0741. The molecular weight excluding hydrogens is 324 g/mol. The highest BCUT2D eigenvalue weighted by Gasteiger charge is 2.28. The minimum absolute atomic E-state index is 0.0398. The largest absolute Gasteiger partial charge is 0.522 e. The molecule has 0 saturated heterocycles. The van der Waals surface area contributed by atoms with Gasteiger partial charge in [0.1, 0.15) is 43.0 Å². The third kappa shape index (κ3) is 2.13. The molecule has 0 saturated carbocycles. The first-order valence-corrected chi connectivity index (χ1v) is 7.36. The first-order chi connectivity index (χ1) is 12.6. The smallest absolute Gasteiger partial charge is 0.192 e. The highest BCUT2D eigenvalue weighted by Crippen LogP contribution is 2.26. The zero-order valence-corrected chi connectivity index (χ0v) is 13.3. The Bertz CT molecular complexity index is 1190. The lowest BCUT2D eigenvalue weighted by molar-refractivity contribution is 1.15. The number of hydrogen-bond acceptors (Lipinski definition) is 4. The van der Waals surface area contributed by atoms with E-state index in [1.807, 2.05) is 12.1 Å². The van der Waals surface area contributed by atoms with Gasteiger partial charge in [0.05, 0.1) is 16.7 Å². The van der Waals surface area contributed by atoms with Gasteiger partial charge in [-0.05, 0) is 39.6 Å². The van der Waals surface area contributed by atoms with Crippen molar-refractivity contribution < 1.29 is 0 Å². The van der Waals surface area contributed by atoms with Crippen LogP contribution in [0.5, 0.6) is 0 Å². The molecule has 1 aromatic carbocycles. The summed E-state index contributed by atoms with van der Waals surface area (Å²) >= 11 is 0. The molecular formula is C20H6N6. The molecule has 116 valence electrons. The third-order valence-electron chi connectivity index (χ3n) is 4.43. The van der Waals surface area contributed by atoms with Crippen LogP contribution in [0.25, 0.3) is 21.8 Å². The average molecular weight is 330 g/mol. The van der Waals surface area contributed by atoms with Gasteiger partial charge in [0.15, 0.2) is 0 Å². The van der Waals surface area contributed by atoms with Gasteiger partial charge in [-0.15, -0.1) is 0 Å². The van der Waals surface area contributed by atoms with Crippen molar-refractivity contribution in [3.63, 3.8) is 0 Å². The Morgan fingerprint density at radius 3 is 1.69 bits per heavy atom. The van der Waals surface area contributed by atoms with E-state index in [-0.39, 0.29) is 24.2 Å². The molecule has 0 aromatic heterocycles. The van der Waals surface area contributed by atoms with Gasteiger partial charge < -0.3 is 0 Å². The maximum atomic E-state index is 9.66. The first-order valence-electron chi connectivity index (χ1n) is 7.36. The van der Waals surface area contributed by atoms with Gasteiger partial charge in [-0.2, -0.15) is 30.7 Å². The fraction of sp³-hybridized carbons (Fsp3) is 0.100. The number of hydrogen-bond donors (Lipinski definition) is 0. The SMILES string of the molecule is [C-]#[N+]C([N+]#[C-])=C1C=c2c(C#N)c3c(c(C#N)c2C1)=CC(=C(C#N)C#N)C3. The highest BCUT2D eigenvalue weighted by atomic mass is 14.9. The Morgan fingerprint density at radius 2 is 1.27 bits per heavy atom.